The van der Waals surface area contributed by atoms with Crippen molar-refractivity contribution >= 4 is 22.1 Å². The van der Waals surface area contributed by atoms with Crippen LogP contribution >= 0.6 is 0 Å². The predicted molar refractivity (Wildman–Crippen MR) is 153 cm³/mol. The number of hydrogen-bond donors (Lipinski definition) is 0. The molecule has 3 heterocycles. The second-order valence-electron chi connectivity index (χ2n) is 9.49. The minimum absolute atomic E-state index is 0. The first-order valence-electron chi connectivity index (χ1n) is 13.8. The molecule has 0 aliphatic heterocycles. The summed E-state index contributed by atoms with van der Waals surface area (Å²) in [5.74, 6) is 1.69. The molecule has 7 nitrogen and oxygen atoms in total. The zero-order chi connectivity index (χ0) is 26.2. The van der Waals surface area contributed by atoms with Crippen LogP contribution in [0.25, 0.3) is 45.1 Å². The molecule has 0 radical (unpaired) electrons. The Morgan fingerprint density at radius 1 is 0.561 bits per heavy atom. The molecule has 0 aliphatic rings. The number of rotatable bonds is 14. The molecule has 2 aromatic carbocycles. The van der Waals surface area contributed by atoms with E-state index in [9.17, 15) is 0 Å². The van der Waals surface area contributed by atoms with Crippen LogP contribution in [0.5, 0.6) is 0 Å². The third-order valence-corrected chi connectivity index (χ3v) is 6.72. The molecule has 0 saturated carbocycles. The summed E-state index contributed by atoms with van der Waals surface area (Å²) >= 11 is 0. The maximum Gasteiger partial charge on any atom is 2.00 e. The number of pyridine rings is 1. The zero-order valence-corrected chi connectivity index (χ0v) is 26.2. The van der Waals surface area contributed by atoms with E-state index < -0.39 is 0 Å². The van der Waals surface area contributed by atoms with Crippen molar-refractivity contribution in [3.63, 3.8) is 0 Å². The zero-order valence-electron chi connectivity index (χ0n) is 23.6. The van der Waals surface area contributed by atoms with Crippen LogP contribution in [0.15, 0.2) is 66.7 Å². The van der Waals surface area contributed by atoms with Crippen molar-refractivity contribution in [1.29, 1.82) is 0 Å². The van der Waals surface area contributed by atoms with Crippen LogP contribution in [0, 0.1) is 0 Å². The molecule has 10 heteroatoms. The van der Waals surface area contributed by atoms with Crippen molar-refractivity contribution in [2.75, 3.05) is 26.4 Å². The minimum Gasteiger partial charge on any atom is -1.00 e. The van der Waals surface area contributed by atoms with Gasteiger partial charge in [0.1, 0.15) is 11.4 Å². The molecule has 0 N–H and O–H groups in total. The van der Waals surface area contributed by atoms with Crippen LogP contribution in [0.2, 0.25) is 0 Å². The van der Waals surface area contributed by atoms with Crippen LogP contribution in [0.3, 0.4) is 0 Å². The first-order valence-corrected chi connectivity index (χ1v) is 13.8. The van der Waals surface area contributed by atoms with Crippen LogP contribution in [-0.4, -0.2) is 50.5 Å². The topological polar surface area (TPSA) is 67.0 Å². The van der Waals surface area contributed by atoms with Gasteiger partial charge in [-0.15, -0.1) is 0 Å². The number of fused-ring (bicyclic) bond motifs is 2. The van der Waals surface area contributed by atoms with Gasteiger partial charge in [-0.3, -0.25) is 0 Å². The number of hydrogen-bond acceptors (Lipinski definition) is 5. The van der Waals surface area contributed by atoms with Gasteiger partial charge in [0.25, 0.3) is 0 Å². The number of para-hydroxylation sites is 4. The molecule has 0 atom stereocenters. The van der Waals surface area contributed by atoms with Crippen LogP contribution in [0.4, 0.5) is 0 Å². The van der Waals surface area contributed by atoms with Crippen LogP contribution < -0.4 is 24.8 Å². The molecule has 0 saturated heterocycles. The third kappa shape index (κ3) is 8.31. The fourth-order valence-electron chi connectivity index (χ4n) is 4.69. The number of unbranched alkanes of at least 4 members (excludes halogenated alkanes) is 2. The number of benzene rings is 2. The molecule has 41 heavy (non-hydrogen) atoms. The van der Waals surface area contributed by atoms with E-state index >= 15 is 0 Å². The first-order chi connectivity index (χ1) is 18.8. The Hall–Kier alpha value is -2.45. The summed E-state index contributed by atoms with van der Waals surface area (Å²) in [5.41, 5.74) is 5.74. The summed E-state index contributed by atoms with van der Waals surface area (Å²) in [4.78, 5) is 15.0. The van der Waals surface area contributed by atoms with E-state index in [0.717, 1.165) is 97.1 Å². The molecule has 0 amide bonds. The number of ether oxygens (including phenoxy) is 2. The Labute approximate surface area is 265 Å². The van der Waals surface area contributed by atoms with Crippen molar-refractivity contribution in [2.24, 2.45) is 0 Å². The van der Waals surface area contributed by atoms with Crippen LogP contribution in [-0.2, 0) is 39.6 Å². The van der Waals surface area contributed by atoms with E-state index in [4.69, 9.17) is 24.4 Å². The molecule has 0 aliphatic carbocycles. The summed E-state index contributed by atoms with van der Waals surface area (Å²) in [6, 6.07) is 22.6. The van der Waals surface area contributed by atoms with Crippen molar-refractivity contribution in [3.05, 3.63) is 66.7 Å². The third-order valence-electron chi connectivity index (χ3n) is 6.72. The second kappa shape index (κ2) is 17.5. The smallest absolute Gasteiger partial charge is 1.00 e. The summed E-state index contributed by atoms with van der Waals surface area (Å²) in [5, 5.41) is 0. The molecule has 0 fully saturated rings. The number of halogens is 2. The summed E-state index contributed by atoms with van der Waals surface area (Å²) in [6.45, 7) is 8.64. The van der Waals surface area contributed by atoms with Gasteiger partial charge in [0.15, 0.2) is 11.6 Å². The van der Waals surface area contributed by atoms with Crippen molar-refractivity contribution in [1.82, 2.24) is 24.1 Å². The second-order valence-corrected chi connectivity index (χ2v) is 9.49. The van der Waals surface area contributed by atoms with Gasteiger partial charge in [-0.1, -0.05) is 57.0 Å². The van der Waals surface area contributed by atoms with Crippen LogP contribution in [0.1, 0.15) is 39.5 Å². The summed E-state index contributed by atoms with van der Waals surface area (Å²) in [7, 11) is 0. The molecule has 0 spiro atoms. The van der Waals surface area contributed by atoms with E-state index in [0.29, 0.717) is 13.2 Å². The number of nitrogens with zero attached hydrogens (tertiary/aromatic N) is 5. The average Bonchev–Trinajstić information content (AvgIpc) is 3.52. The van der Waals surface area contributed by atoms with E-state index in [1.54, 1.807) is 0 Å². The van der Waals surface area contributed by atoms with Gasteiger partial charge in [0.2, 0.25) is 0 Å². The van der Waals surface area contributed by atoms with E-state index in [1.165, 1.54) is 0 Å². The Morgan fingerprint density at radius 2 is 1.00 bits per heavy atom. The SMILES string of the molecule is CCCCOCCn1c(-c2cccc(-c3nc4ccccc4n3CCOCCCC)n2)nc2ccccc21.[Cl-].[Cl-].[Fe+2]. The first kappa shape index (κ1) is 34.7. The quantitative estimate of drug-likeness (QED) is 0.133. The average molecular weight is 638 g/mol. The Balaban J connectivity index is 0.00000196. The van der Waals surface area contributed by atoms with E-state index in [-0.39, 0.29) is 41.9 Å². The Bertz CT molecular complexity index is 1380. The largest absolute Gasteiger partial charge is 2.00 e. The summed E-state index contributed by atoms with van der Waals surface area (Å²) in [6.07, 6.45) is 4.41. The van der Waals surface area contributed by atoms with Crippen molar-refractivity contribution < 1.29 is 51.4 Å². The number of imidazole rings is 2. The fourth-order valence-corrected chi connectivity index (χ4v) is 4.69. The minimum atomic E-state index is 0. The van der Waals surface area contributed by atoms with Gasteiger partial charge >= 0.3 is 17.1 Å². The van der Waals surface area contributed by atoms with E-state index in [1.807, 2.05) is 30.3 Å². The molecular formula is C31H37Cl2FeN5O2. The normalized spacial score (nSPS) is 10.8. The maximum absolute atomic E-state index is 5.90. The standard InChI is InChI=1S/C31H37N5O2.2ClH.Fe/c1-3-5-20-37-22-18-35-28-16-9-7-12-24(28)33-30(35)26-14-11-15-27(32-26)31-34-25-13-8-10-17-29(25)36(31)19-23-38-21-6-4-2;;;/h7-17H,3-6,18-23H2,1-2H3;2*1H;/q;;;+2/p-2. The molecule has 0 unspecified atom stereocenters. The Morgan fingerprint density at radius 3 is 1.44 bits per heavy atom. The van der Waals surface area contributed by atoms with Crippen molar-refractivity contribution in [2.45, 2.75) is 52.6 Å². The summed E-state index contributed by atoms with van der Waals surface area (Å²) < 4.78 is 16.2. The molecule has 220 valence electrons. The molecule has 5 aromatic rings. The van der Waals surface area contributed by atoms with Gasteiger partial charge in [-0.25, -0.2) is 15.0 Å². The number of aromatic nitrogens is 5. The Kier molecular flexibility index (Phi) is 14.8. The monoisotopic (exact) mass is 637 g/mol. The molecule has 0 bridgehead atoms. The maximum atomic E-state index is 5.90. The molecule has 3 aromatic heterocycles. The van der Waals surface area contributed by atoms with Crippen molar-refractivity contribution in [3.8, 4) is 23.0 Å². The predicted octanol–water partition coefficient (Wildman–Crippen LogP) is 0.754. The fraction of sp³-hybridized carbons (Fsp3) is 0.387. The van der Waals surface area contributed by atoms with Gasteiger partial charge in [0, 0.05) is 26.3 Å². The van der Waals surface area contributed by atoms with Gasteiger partial charge in [-0.2, -0.15) is 0 Å². The molecule has 5 rings (SSSR count). The van der Waals surface area contributed by atoms with Gasteiger partial charge in [-0.05, 0) is 49.2 Å². The van der Waals surface area contributed by atoms with Gasteiger partial charge < -0.3 is 43.4 Å². The van der Waals surface area contributed by atoms with Gasteiger partial charge in [0.05, 0.1) is 35.3 Å². The van der Waals surface area contributed by atoms with E-state index in [2.05, 4.69) is 59.4 Å². The molecular weight excluding hydrogens is 601 g/mol.